The second-order valence-electron chi connectivity index (χ2n) is 4.63. The van der Waals surface area contributed by atoms with Crippen molar-refractivity contribution in [3.63, 3.8) is 0 Å². The lowest BCUT2D eigenvalue weighted by Crippen LogP contribution is -2.43. The Hall–Kier alpha value is -1.43. The van der Waals surface area contributed by atoms with E-state index in [1.807, 2.05) is 20.2 Å². The highest BCUT2D eigenvalue weighted by molar-refractivity contribution is 5.81. The summed E-state index contributed by atoms with van der Waals surface area (Å²) in [6.07, 6.45) is 1.83. The number of amides is 1. The molecule has 0 saturated heterocycles. The standard InChI is InChI=1S/C11H21N5O/c1-8(2)5-13-11(17)9(3)12-6-10-7-16(4)15-14-10/h7-9,12H,5-6H2,1-4H3,(H,13,17). The number of hydrogen-bond acceptors (Lipinski definition) is 4. The average molecular weight is 239 g/mol. The molecule has 1 aromatic heterocycles. The highest BCUT2D eigenvalue weighted by Gasteiger charge is 2.12. The fraction of sp³-hybridized carbons (Fsp3) is 0.727. The summed E-state index contributed by atoms with van der Waals surface area (Å²) >= 11 is 0. The van der Waals surface area contributed by atoms with Crippen LogP contribution in [0.5, 0.6) is 0 Å². The lowest BCUT2D eigenvalue weighted by atomic mass is 10.2. The Labute approximate surface area is 102 Å². The van der Waals surface area contributed by atoms with Gasteiger partial charge in [0.15, 0.2) is 0 Å². The third-order valence-electron chi connectivity index (χ3n) is 2.32. The first-order valence-corrected chi connectivity index (χ1v) is 5.85. The van der Waals surface area contributed by atoms with Gasteiger partial charge in [-0.1, -0.05) is 19.1 Å². The van der Waals surface area contributed by atoms with Crippen LogP contribution in [0.1, 0.15) is 26.5 Å². The molecule has 6 nitrogen and oxygen atoms in total. The third-order valence-corrected chi connectivity index (χ3v) is 2.32. The van der Waals surface area contributed by atoms with E-state index in [9.17, 15) is 4.79 Å². The van der Waals surface area contributed by atoms with Crippen molar-refractivity contribution in [2.24, 2.45) is 13.0 Å². The zero-order valence-corrected chi connectivity index (χ0v) is 10.9. The van der Waals surface area contributed by atoms with Crippen LogP contribution in [-0.2, 0) is 18.4 Å². The number of carbonyl (C=O) groups is 1. The molecule has 1 aromatic rings. The molecule has 0 aromatic carbocycles. The van der Waals surface area contributed by atoms with Gasteiger partial charge in [-0.05, 0) is 12.8 Å². The average Bonchev–Trinajstić information content (AvgIpc) is 2.68. The molecular weight excluding hydrogens is 218 g/mol. The molecule has 0 aliphatic heterocycles. The largest absolute Gasteiger partial charge is 0.354 e. The number of rotatable bonds is 6. The minimum atomic E-state index is -0.226. The molecule has 1 unspecified atom stereocenters. The van der Waals surface area contributed by atoms with Gasteiger partial charge in [-0.2, -0.15) is 0 Å². The van der Waals surface area contributed by atoms with Gasteiger partial charge >= 0.3 is 0 Å². The predicted octanol–water partition coefficient (Wildman–Crippen LogP) is 0.0654. The molecule has 17 heavy (non-hydrogen) atoms. The van der Waals surface area contributed by atoms with E-state index in [0.29, 0.717) is 19.0 Å². The minimum Gasteiger partial charge on any atom is -0.354 e. The van der Waals surface area contributed by atoms with E-state index in [0.717, 1.165) is 5.69 Å². The highest BCUT2D eigenvalue weighted by Crippen LogP contribution is 1.93. The maximum atomic E-state index is 11.7. The molecule has 1 heterocycles. The quantitative estimate of drug-likeness (QED) is 0.736. The first-order chi connectivity index (χ1) is 7.99. The lowest BCUT2D eigenvalue weighted by Gasteiger charge is -2.14. The molecule has 0 bridgehead atoms. The van der Waals surface area contributed by atoms with Crippen LogP contribution in [0.2, 0.25) is 0 Å². The van der Waals surface area contributed by atoms with Crippen LogP contribution in [-0.4, -0.2) is 33.5 Å². The Kier molecular flexibility index (Phi) is 5.09. The van der Waals surface area contributed by atoms with Gasteiger partial charge in [-0.3, -0.25) is 9.48 Å². The van der Waals surface area contributed by atoms with E-state index in [4.69, 9.17) is 0 Å². The van der Waals surface area contributed by atoms with Gasteiger partial charge in [-0.15, -0.1) is 5.10 Å². The fourth-order valence-electron chi connectivity index (χ4n) is 1.28. The van der Waals surface area contributed by atoms with Crippen molar-refractivity contribution in [3.8, 4) is 0 Å². The summed E-state index contributed by atoms with van der Waals surface area (Å²) in [5, 5.41) is 13.8. The second-order valence-corrected chi connectivity index (χ2v) is 4.63. The van der Waals surface area contributed by atoms with Crippen LogP contribution in [0.4, 0.5) is 0 Å². The Morgan fingerprint density at radius 3 is 2.71 bits per heavy atom. The van der Waals surface area contributed by atoms with E-state index in [-0.39, 0.29) is 11.9 Å². The number of hydrogen-bond donors (Lipinski definition) is 2. The molecular formula is C11H21N5O. The molecule has 2 N–H and O–H groups in total. The summed E-state index contributed by atoms with van der Waals surface area (Å²) in [7, 11) is 1.81. The SMILES string of the molecule is CC(C)CNC(=O)C(C)NCc1cn(C)nn1. The van der Waals surface area contributed by atoms with Crippen molar-refractivity contribution in [2.45, 2.75) is 33.4 Å². The summed E-state index contributed by atoms with van der Waals surface area (Å²) in [4.78, 5) is 11.7. The van der Waals surface area contributed by atoms with Crippen molar-refractivity contribution in [1.29, 1.82) is 0 Å². The molecule has 0 fully saturated rings. The Bertz CT molecular complexity index is 360. The summed E-state index contributed by atoms with van der Waals surface area (Å²) < 4.78 is 1.64. The van der Waals surface area contributed by atoms with Crippen molar-refractivity contribution >= 4 is 5.91 Å². The number of aryl methyl sites for hydroxylation is 1. The van der Waals surface area contributed by atoms with E-state index >= 15 is 0 Å². The van der Waals surface area contributed by atoms with Crippen LogP contribution >= 0.6 is 0 Å². The minimum absolute atomic E-state index is 0.0163. The van der Waals surface area contributed by atoms with Crippen molar-refractivity contribution in [3.05, 3.63) is 11.9 Å². The molecule has 96 valence electrons. The predicted molar refractivity (Wildman–Crippen MR) is 65.2 cm³/mol. The van der Waals surface area contributed by atoms with Crippen molar-refractivity contribution in [1.82, 2.24) is 25.6 Å². The topological polar surface area (TPSA) is 71.8 Å². The first-order valence-electron chi connectivity index (χ1n) is 5.85. The molecule has 0 aliphatic carbocycles. The molecule has 0 aliphatic rings. The van der Waals surface area contributed by atoms with Gasteiger partial charge in [0.1, 0.15) is 0 Å². The molecule has 1 amide bonds. The monoisotopic (exact) mass is 239 g/mol. The van der Waals surface area contributed by atoms with E-state index in [1.54, 1.807) is 4.68 Å². The van der Waals surface area contributed by atoms with Gasteiger partial charge in [0.2, 0.25) is 5.91 Å². The number of nitrogens with zero attached hydrogens (tertiary/aromatic N) is 3. The Morgan fingerprint density at radius 2 is 2.18 bits per heavy atom. The molecule has 0 radical (unpaired) electrons. The van der Waals surface area contributed by atoms with Crippen molar-refractivity contribution in [2.75, 3.05) is 6.54 Å². The number of carbonyl (C=O) groups excluding carboxylic acids is 1. The van der Waals surface area contributed by atoms with E-state index in [1.165, 1.54) is 0 Å². The van der Waals surface area contributed by atoms with Crippen LogP contribution in [0.3, 0.4) is 0 Å². The van der Waals surface area contributed by atoms with Crippen LogP contribution in [0, 0.1) is 5.92 Å². The zero-order valence-electron chi connectivity index (χ0n) is 10.9. The van der Waals surface area contributed by atoms with Gasteiger partial charge < -0.3 is 10.6 Å². The zero-order chi connectivity index (χ0) is 12.8. The normalized spacial score (nSPS) is 12.8. The summed E-state index contributed by atoms with van der Waals surface area (Å²) in [6.45, 7) is 7.22. The Balaban J connectivity index is 2.29. The fourth-order valence-corrected chi connectivity index (χ4v) is 1.28. The molecule has 0 saturated carbocycles. The van der Waals surface area contributed by atoms with E-state index < -0.39 is 0 Å². The van der Waals surface area contributed by atoms with E-state index in [2.05, 4.69) is 34.8 Å². The smallest absolute Gasteiger partial charge is 0.236 e. The van der Waals surface area contributed by atoms with Gasteiger partial charge in [0.25, 0.3) is 0 Å². The molecule has 1 rings (SSSR count). The summed E-state index contributed by atoms with van der Waals surface area (Å²) in [5.74, 6) is 0.480. The van der Waals surface area contributed by atoms with Crippen LogP contribution in [0.15, 0.2) is 6.20 Å². The summed E-state index contributed by atoms with van der Waals surface area (Å²) in [6, 6.07) is -0.226. The Morgan fingerprint density at radius 1 is 1.47 bits per heavy atom. The van der Waals surface area contributed by atoms with Gasteiger partial charge in [0, 0.05) is 26.3 Å². The number of aromatic nitrogens is 3. The second kappa shape index (κ2) is 6.34. The van der Waals surface area contributed by atoms with Crippen molar-refractivity contribution < 1.29 is 4.79 Å². The van der Waals surface area contributed by atoms with Crippen LogP contribution in [0.25, 0.3) is 0 Å². The maximum absolute atomic E-state index is 11.7. The molecule has 1 atom stereocenters. The first kappa shape index (κ1) is 13.6. The van der Waals surface area contributed by atoms with Gasteiger partial charge in [-0.25, -0.2) is 0 Å². The maximum Gasteiger partial charge on any atom is 0.236 e. The lowest BCUT2D eigenvalue weighted by molar-refractivity contribution is -0.122. The molecule has 6 heteroatoms. The summed E-state index contributed by atoms with van der Waals surface area (Å²) in [5.41, 5.74) is 0.830. The van der Waals surface area contributed by atoms with Gasteiger partial charge in [0.05, 0.1) is 11.7 Å². The highest BCUT2D eigenvalue weighted by atomic mass is 16.2. The number of nitrogens with one attached hydrogen (secondary N) is 2. The molecule has 0 spiro atoms. The third kappa shape index (κ3) is 4.95. The van der Waals surface area contributed by atoms with Crippen LogP contribution < -0.4 is 10.6 Å².